The zero-order valence-electron chi connectivity index (χ0n) is 9.73. The molecular weight excluding hydrogens is 204 g/mol. The van der Waals surface area contributed by atoms with Crippen molar-refractivity contribution in [1.82, 2.24) is 4.74 Å². The molecule has 86 valence electrons. The summed E-state index contributed by atoms with van der Waals surface area (Å²) >= 11 is 0. The molecule has 4 heteroatoms. The maximum atomic E-state index is 11.7. The average Bonchev–Trinajstić information content (AvgIpc) is 2.56. The minimum atomic E-state index is -0.300. The lowest BCUT2D eigenvalue weighted by Gasteiger charge is -2.07. The van der Waals surface area contributed by atoms with Gasteiger partial charge in [0.15, 0.2) is 0 Å². The predicted octanol–water partition coefficient (Wildman–Crippen LogP) is 2.20. The fraction of sp³-hybridized carbons (Fsp3) is 0.417. The summed E-state index contributed by atoms with van der Waals surface area (Å²) in [5.41, 5.74) is 7.25. The quantitative estimate of drug-likeness (QED) is 0.843. The van der Waals surface area contributed by atoms with Crippen LogP contribution in [0.2, 0.25) is 0 Å². The minimum absolute atomic E-state index is 0.0776. The summed E-state index contributed by atoms with van der Waals surface area (Å²) in [6, 6.07) is 5.68. The van der Waals surface area contributed by atoms with Gasteiger partial charge in [0.2, 0.25) is 0 Å². The number of benzene rings is 1. The van der Waals surface area contributed by atoms with E-state index in [0.717, 1.165) is 11.1 Å². The highest BCUT2D eigenvalue weighted by atomic mass is 16.5. The van der Waals surface area contributed by atoms with Crippen LogP contribution in [0.25, 0.3) is 10.9 Å². The third-order valence-corrected chi connectivity index (χ3v) is 2.65. The van der Waals surface area contributed by atoms with Gasteiger partial charge in [0.1, 0.15) is 0 Å². The lowest BCUT2D eigenvalue weighted by Crippen LogP contribution is -2.05. The fourth-order valence-electron chi connectivity index (χ4n) is 1.76. The van der Waals surface area contributed by atoms with Gasteiger partial charge in [-0.25, -0.2) is 9.53 Å². The van der Waals surface area contributed by atoms with Crippen molar-refractivity contribution < 1.29 is 4.52 Å². The number of nitrogens with zero attached hydrogens (tertiary/aromatic N) is 1. The third kappa shape index (κ3) is 1.65. The van der Waals surface area contributed by atoms with Crippen molar-refractivity contribution in [1.29, 1.82) is 0 Å². The average molecular weight is 220 g/mol. The lowest BCUT2D eigenvalue weighted by atomic mass is 10.1. The number of fused-ring (bicyclic) bond motifs is 1. The zero-order chi connectivity index (χ0) is 11.9. The molecular formula is C12H16N2O2. The van der Waals surface area contributed by atoms with Crippen LogP contribution in [0.5, 0.6) is 0 Å². The van der Waals surface area contributed by atoms with Crippen LogP contribution in [0, 0.1) is 0 Å². The first kappa shape index (κ1) is 11.0. The number of hydrogen-bond donors (Lipinski definition) is 1. The second-order valence-corrected chi connectivity index (χ2v) is 4.36. The first-order valence-electron chi connectivity index (χ1n) is 5.41. The van der Waals surface area contributed by atoms with E-state index in [9.17, 15) is 4.79 Å². The maximum Gasteiger partial charge on any atom is 0.365 e. The van der Waals surface area contributed by atoms with E-state index in [4.69, 9.17) is 10.3 Å². The molecule has 0 amide bonds. The summed E-state index contributed by atoms with van der Waals surface area (Å²) in [4.78, 5) is 11.7. The first-order valence-corrected chi connectivity index (χ1v) is 5.41. The van der Waals surface area contributed by atoms with Gasteiger partial charge in [-0.3, -0.25) is 0 Å². The van der Waals surface area contributed by atoms with E-state index < -0.39 is 0 Å². The number of hydrogen-bond acceptors (Lipinski definition) is 3. The normalized spacial score (nSPS) is 13.6. The molecule has 1 unspecified atom stereocenters. The SMILES string of the molecule is CC(N)c1ccc2c(c1)c(=O)on2C(C)C. The smallest absolute Gasteiger partial charge is 0.335 e. The van der Waals surface area contributed by atoms with Gasteiger partial charge < -0.3 is 10.3 Å². The van der Waals surface area contributed by atoms with Crippen LogP contribution in [-0.4, -0.2) is 4.74 Å². The molecule has 2 aromatic rings. The zero-order valence-corrected chi connectivity index (χ0v) is 9.73. The van der Waals surface area contributed by atoms with Gasteiger partial charge in [0, 0.05) is 6.04 Å². The molecule has 4 nitrogen and oxygen atoms in total. The Morgan fingerprint density at radius 3 is 2.56 bits per heavy atom. The van der Waals surface area contributed by atoms with E-state index >= 15 is 0 Å². The van der Waals surface area contributed by atoms with E-state index in [1.54, 1.807) is 4.74 Å². The molecule has 2 rings (SSSR count). The Morgan fingerprint density at radius 1 is 1.31 bits per heavy atom. The van der Waals surface area contributed by atoms with Gasteiger partial charge in [-0.15, -0.1) is 0 Å². The van der Waals surface area contributed by atoms with Crippen molar-refractivity contribution in [2.24, 2.45) is 5.73 Å². The number of rotatable bonds is 2. The molecule has 0 spiro atoms. The topological polar surface area (TPSA) is 61.2 Å². The minimum Gasteiger partial charge on any atom is -0.335 e. The summed E-state index contributed by atoms with van der Waals surface area (Å²) in [6.07, 6.45) is 0. The molecule has 0 bridgehead atoms. The molecule has 0 saturated carbocycles. The number of nitrogens with two attached hydrogens (primary N) is 1. The highest BCUT2D eigenvalue weighted by molar-refractivity contribution is 5.78. The Bertz CT molecular complexity index is 564. The molecule has 1 aromatic carbocycles. The second-order valence-electron chi connectivity index (χ2n) is 4.36. The van der Waals surface area contributed by atoms with Gasteiger partial charge in [-0.2, -0.15) is 0 Å². The van der Waals surface area contributed by atoms with Crippen molar-refractivity contribution in [3.63, 3.8) is 0 Å². The Kier molecular flexibility index (Phi) is 2.59. The maximum absolute atomic E-state index is 11.7. The van der Waals surface area contributed by atoms with E-state index in [1.807, 2.05) is 39.0 Å². The Morgan fingerprint density at radius 2 is 2.00 bits per heavy atom. The van der Waals surface area contributed by atoms with Crippen molar-refractivity contribution >= 4 is 10.9 Å². The summed E-state index contributed by atoms with van der Waals surface area (Å²) in [6.45, 7) is 5.84. The summed E-state index contributed by atoms with van der Waals surface area (Å²) in [5, 5.41) is 0.600. The molecule has 1 aromatic heterocycles. The Hall–Kier alpha value is -1.55. The molecule has 0 saturated heterocycles. The molecule has 0 aliphatic carbocycles. The van der Waals surface area contributed by atoms with Gasteiger partial charge in [-0.1, -0.05) is 6.07 Å². The monoisotopic (exact) mass is 220 g/mol. The van der Waals surface area contributed by atoms with Crippen molar-refractivity contribution in [3.8, 4) is 0 Å². The highest BCUT2D eigenvalue weighted by Crippen LogP contribution is 2.20. The molecule has 0 aliphatic heterocycles. The van der Waals surface area contributed by atoms with Gasteiger partial charge >= 0.3 is 5.63 Å². The first-order chi connectivity index (χ1) is 7.50. The predicted molar refractivity (Wildman–Crippen MR) is 63.5 cm³/mol. The molecule has 16 heavy (non-hydrogen) atoms. The Balaban J connectivity index is 2.72. The van der Waals surface area contributed by atoms with Gasteiger partial charge in [-0.05, 0) is 38.5 Å². The van der Waals surface area contributed by atoms with Crippen LogP contribution in [0.3, 0.4) is 0 Å². The van der Waals surface area contributed by atoms with E-state index in [-0.39, 0.29) is 17.7 Å². The highest BCUT2D eigenvalue weighted by Gasteiger charge is 2.12. The summed E-state index contributed by atoms with van der Waals surface area (Å²) < 4.78 is 6.81. The van der Waals surface area contributed by atoms with Crippen LogP contribution in [0.4, 0.5) is 0 Å². The molecule has 0 aliphatic rings. The van der Waals surface area contributed by atoms with Gasteiger partial charge in [0.25, 0.3) is 0 Å². The summed E-state index contributed by atoms with van der Waals surface area (Å²) in [5.74, 6) is 0. The molecule has 0 fully saturated rings. The molecule has 0 radical (unpaired) electrons. The molecule has 1 atom stereocenters. The van der Waals surface area contributed by atoms with Crippen molar-refractivity contribution in [2.45, 2.75) is 32.9 Å². The van der Waals surface area contributed by atoms with Crippen LogP contribution in [0.15, 0.2) is 27.5 Å². The Labute approximate surface area is 93.6 Å². The standard InChI is InChI=1S/C12H16N2O2/c1-7(2)14-11-5-4-9(8(3)13)6-10(11)12(15)16-14/h4-8H,13H2,1-3H3. The second kappa shape index (κ2) is 3.79. The van der Waals surface area contributed by atoms with Crippen molar-refractivity contribution in [2.75, 3.05) is 0 Å². The molecule has 1 heterocycles. The van der Waals surface area contributed by atoms with E-state index in [0.29, 0.717) is 5.39 Å². The van der Waals surface area contributed by atoms with Crippen LogP contribution < -0.4 is 11.4 Å². The van der Waals surface area contributed by atoms with Crippen LogP contribution in [0.1, 0.15) is 38.4 Å². The largest absolute Gasteiger partial charge is 0.365 e. The van der Waals surface area contributed by atoms with E-state index in [2.05, 4.69) is 0 Å². The van der Waals surface area contributed by atoms with Crippen LogP contribution in [-0.2, 0) is 0 Å². The lowest BCUT2D eigenvalue weighted by molar-refractivity contribution is 0.234. The summed E-state index contributed by atoms with van der Waals surface area (Å²) in [7, 11) is 0. The van der Waals surface area contributed by atoms with Crippen molar-refractivity contribution in [3.05, 3.63) is 34.2 Å². The van der Waals surface area contributed by atoms with Gasteiger partial charge in [0.05, 0.1) is 16.9 Å². The fourth-order valence-corrected chi connectivity index (χ4v) is 1.76. The molecule has 2 N–H and O–H groups in total. The van der Waals surface area contributed by atoms with Crippen LogP contribution >= 0.6 is 0 Å². The third-order valence-electron chi connectivity index (χ3n) is 2.65. The van der Waals surface area contributed by atoms with E-state index in [1.165, 1.54) is 0 Å². The number of aromatic nitrogens is 1.